The second-order valence-electron chi connectivity index (χ2n) is 5.35. The van der Waals surface area contributed by atoms with Crippen molar-refractivity contribution in [2.45, 2.75) is 13.3 Å². The number of para-hydroxylation sites is 1. The molecule has 6 heteroatoms. The van der Waals surface area contributed by atoms with E-state index in [1.165, 1.54) is 0 Å². The number of nitrogens with zero attached hydrogens (tertiary/aromatic N) is 1. The van der Waals surface area contributed by atoms with E-state index in [0.29, 0.717) is 28.0 Å². The fourth-order valence-corrected chi connectivity index (χ4v) is 2.55. The molecular weight excluding hydrogens is 361 g/mol. The molecule has 0 aliphatic carbocycles. The Kier molecular flexibility index (Phi) is 5.41. The van der Waals surface area contributed by atoms with Crippen LogP contribution in [0.15, 0.2) is 53.2 Å². The van der Waals surface area contributed by atoms with Gasteiger partial charge in [-0.05, 0) is 36.8 Å². The van der Waals surface area contributed by atoms with E-state index in [9.17, 15) is 4.79 Å². The zero-order chi connectivity index (χ0) is 17.8. The minimum absolute atomic E-state index is 0.196. The van der Waals surface area contributed by atoms with Crippen LogP contribution in [0.4, 0.5) is 0 Å². The number of rotatable bonds is 5. The van der Waals surface area contributed by atoms with E-state index in [1.807, 2.05) is 31.2 Å². The van der Waals surface area contributed by atoms with Crippen LogP contribution in [0.3, 0.4) is 0 Å². The lowest BCUT2D eigenvalue weighted by atomic mass is 10.1. The van der Waals surface area contributed by atoms with Crippen molar-refractivity contribution in [3.05, 3.63) is 69.3 Å². The number of halogens is 2. The van der Waals surface area contributed by atoms with Crippen LogP contribution in [0.5, 0.6) is 5.75 Å². The number of benzene rings is 2. The fourth-order valence-electron chi connectivity index (χ4n) is 2.25. The van der Waals surface area contributed by atoms with Gasteiger partial charge in [-0.2, -0.15) is 0 Å². The standard InChI is InChI=1S/C19H15Cl2NO3/c1-2-9-24-17-6-4-3-5-12(17)11-16-19(23)25-18(22-16)13-7-8-14(20)15(21)10-13/h3-8,10-11H,2,9H2,1H3/b16-11-. The highest BCUT2D eigenvalue weighted by Crippen LogP contribution is 2.27. The molecule has 1 aliphatic heterocycles. The van der Waals surface area contributed by atoms with Crippen molar-refractivity contribution in [3.63, 3.8) is 0 Å². The first kappa shape index (κ1) is 17.5. The van der Waals surface area contributed by atoms with Gasteiger partial charge in [0.1, 0.15) is 5.75 Å². The Morgan fingerprint density at radius 1 is 1.16 bits per heavy atom. The van der Waals surface area contributed by atoms with E-state index in [-0.39, 0.29) is 11.6 Å². The lowest BCUT2D eigenvalue weighted by Crippen LogP contribution is -2.05. The van der Waals surface area contributed by atoms with Crippen LogP contribution in [0.1, 0.15) is 24.5 Å². The van der Waals surface area contributed by atoms with Gasteiger partial charge in [-0.1, -0.05) is 48.3 Å². The van der Waals surface area contributed by atoms with Crippen LogP contribution in [-0.2, 0) is 9.53 Å². The lowest BCUT2D eigenvalue weighted by Gasteiger charge is -2.07. The molecule has 2 aromatic rings. The summed E-state index contributed by atoms with van der Waals surface area (Å²) in [6.07, 6.45) is 2.55. The number of hydrogen-bond donors (Lipinski definition) is 0. The van der Waals surface area contributed by atoms with Gasteiger partial charge in [0.05, 0.1) is 16.7 Å². The maximum atomic E-state index is 12.1. The van der Waals surface area contributed by atoms with Crippen LogP contribution in [0.2, 0.25) is 10.0 Å². The minimum Gasteiger partial charge on any atom is -0.493 e. The van der Waals surface area contributed by atoms with Crippen LogP contribution < -0.4 is 4.74 Å². The van der Waals surface area contributed by atoms with E-state index < -0.39 is 5.97 Å². The Morgan fingerprint density at radius 2 is 1.96 bits per heavy atom. The molecule has 0 aromatic heterocycles. The number of aliphatic imine (C=N–C) groups is 1. The van der Waals surface area contributed by atoms with Crippen LogP contribution in [0.25, 0.3) is 6.08 Å². The second kappa shape index (κ2) is 7.72. The first-order valence-corrected chi connectivity index (χ1v) is 8.54. The van der Waals surface area contributed by atoms with Gasteiger partial charge in [0.2, 0.25) is 5.90 Å². The molecule has 0 N–H and O–H groups in total. The van der Waals surface area contributed by atoms with Gasteiger partial charge < -0.3 is 9.47 Å². The third kappa shape index (κ3) is 4.03. The minimum atomic E-state index is -0.522. The van der Waals surface area contributed by atoms with Crippen molar-refractivity contribution < 1.29 is 14.3 Å². The summed E-state index contributed by atoms with van der Waals surface area (Å²) < 4.78 is 10.9. The molecule has 0 saturated carbocycles. The van der Waals surface area contributed by atoms with E-state index in [2.05, 4.69) is 4.99 Å². The van der Waals surface area contributed by atoms with Crippen molar-refractivity contribution in [2.24, 2.45) is 4.99 Å². The highest BCUT2D eigenvalue weighted by atomic mass is 35.5. The van der Waals surface area contributed by atoms with Gasteiger partial charge in [-0.3, -0.25) is 0 Å². The molecule has 2 aromatic carbocycles. The molecular formula is C19H15Cl2NO3. The largest absolute Gasteiger partial charge is 0.493 e. The van der Waals surface area contributed by atoms with E-state index in [1.54, 1.807) is 24.3 Å². The van der Waals surface area contributed by atoms with Crippen LogP contribution in [-0.4, -0.2) is 18.5 Å². The van der Waals surface area contributed by atoms with Crippen molar-refractivity contribution in [1.29, 1.82) is 0 Å². The van der Waals surface area contributed by atoms with Crippen molar-refractivity contribution in [3.8, 4) is 5.75 Å². The summed E-state index contributed by atoms with van der Waals surface area (Å²) in [4.78, 5) is 16.4. The van der Waals surface area contributed by atoms with Gasteiger partial charge in [0.15, 0.2) is 5.70 Å². The van der Waals surface area contributed by atoms with Gasteiger partial charge >= 0.3 is 5.97 Å². The summed E-state index contributed by atoms with van der Waals surface area (Å²) in [5.41, 5.74) is 1.55. The van der Waals surface area contributed by atoms with Gasteiger partial charge in [0.25, 0.3) is 0 Å². The van der Waals surface area contributed by atoms with Crippen LogP contribution in [0, 0.1) is 0 Å². The molecule has 1 aliphatic rings. The monoisotopic (exact) mass is 375 g/mol. The Hall–Kier alpha value is -2.30. The molecule has 128 valence electrons. The molecule has 1 heterocycles. The highest BCUT2D eigenvalue weighted by molar-refractivity contribution is 6.42. The SMILES string of the molecule is CCCOc1ccccc1/C=C1\N=C(c2ccc(Cl)c(Cl)c2)OC1=O. The van der Waals surface area contributed by atoms with Crippen molar-refractivity contribution in [1.82, 2.24) is 0 Å². The fraction of sp³-hybridized carbons (Fsp3) is 0.158. The molecule has 0 saturated heterocycles. The number of esters is 1. The molecule has 0 atom stereocenters. The molecule has 4 nitrogen and oxygen atoms in total. The van der Waals surface area contributed by atoms with Crippen molar-refractivity contribution in [2.75, 3.05) is 6.61 Å². The normalized spacial score (nSPS) is 15.2. The summed E-state index contributed by atoms with van der Waals surface area (Å²) in [5, 5.41) is 0.793. The molecule has 0 spiro atoms. The third-order valence-electron chi connectivity index (χ3n) is 3.46. The van der Waals surface area contributed by atoms with Gasteiger partial charge in [-0.15, -0.1) is 0 Å². The summed E-state index contributed by atoms with van der Waals surface area (Å²) in [7, 11) is 0. The average molecular weight is 376 g/mol. The topological polar surface area (TPSA) is 47.9 Å². The van der Waals surface area contributed by atoms with Crippen LogP contribution >= 0.6 is 23.2 Å². The van der Waals surface area contributed by atoms with Crippen molar-refractivity contribution >= 4 is 41.1 Å². The zero-order valence-electron chi connectivity index (χ0n) is 13.5. The molecule has 0 bridgehead atoms. The summed E-state index contributed by atoms with van der Waals surface area (Å²) in [5.74, 6) is 0.371. The van der Waals surface area contributed by atoms with Gasteiger partial charge in [0, 0.05) is 11.1 Å². The predicted molar refractivity (Wildman–Crippen MR) is 99.3 cm³/mol. The summed E-state index contributed by atoms with van der Waals surface area (Å²) in [6, 6.07) is 12.4. The average Bonchev–Trinajstić information content (AvgIpc) is 2.97. The van der Waals surface area contributed by atoms with Gasteiger partial charge in [-0.25, -0.2) is 9.79 Å². The second-order valence-corrected chi connectivity index (χ2v) is 6.17. The van der Waals surface area contributed by atoms with E-state index >= 15 is 0 Å². The molecule has 0 unspecified atom stereocenters. The summed E-state index contributed by atoms with van der Waals surface area (Å²) in [6.45, 7) is 2.63. The maximum Gasteiger partial charge on any atom is 0.363 e. The Morgan fingerprint density at radius 3 is 2.72 bits per heavy atom. The Bertz CT molecular complexity index is 875. The molecule has 25 heavy (non-hydrogen) atoms. The quantitative estimate of drug-likeness (QED) is 0.537. The third-order valence-corrected chi connectivity index (χ3v) is 4.20. The number of carbonyl (C=O) groups excluding carboxylic acids is 1. The predicted octanol–water partition coefficient (Wildman–Crippen LogP) is 5.13. The molecule has 0 fully saturated rings. The van der Waals surface area contributed by atoms with E-state index in [0.717, 1.165) is 12.0 Å². The molecule has 0 amide bonds. The lowest BCUT2D eigenvalue weighted by molar-refractivity contribution is -0.129. The Labute approximate surface area is 155 Å². The first-order chi connectivity index (χ1) is 12.1. The van der Waals surface area contributed by atoms with E-state index in [4.69, 9.17) is 32.7 Å². The molecule has 0 radical (unpaired) electrons. The smallest absolute Gasteiger partial charge is 0.363 e. The Balaban J connectivity index is 1.92. The number of ether oxygens (including phenoxy) is 2. The molecule has 3 rings (SSSR count). The number of carbonyl (C=O) groups is 1. The first-order valence-electron chi connectivity index (χ1n) is 7.78. The highest BCUT2D eigenvalue weighted by Gasteiger charge is 2.25. The number of hydrogen-bond acceptors (Lipinski definition) is 4. The number of cyclic esters (lactones) is 1. The summed E-state index contributed by atoms with van der Waals surface area (Å²) >= 11 is 11.9. The zero-order valence-corrected chi connectivity index (χ0v) is 15.0. The maximum absolute atomic E-state index is 12.1.